The van der Waals surface area contributed by atoms with Crippen molar-refractivity contribution in [2.24, 2.45) is 5.92 Å². The number of fused-ring (bicyclic) bond motifs is 1. The van der Waals surface area contributed by atoms with Crippen molar-refractivity contribution in [3.05, 3.63) is 30.0 Å². The quantitative estimate of drug-likeness (QED) is 0.815. The van der Waals surface area contributed by atoms with Crippen molar-refractivity contribution in [2.45, 2.75) is 38.8 Å². The molecule has 1 amide bonds. The van der Waals surface area contributed by atoms with Crippen LogP contribution in [0.25, 0.3) is 0 Å². The van der Waals surface area contributed by atoms with Crippen LogP contribution in [0.3, 0.4) is 0 Å². The molecule has 28 heavy (non-hydrogen) atoms. The van der Waals surface area contributed by atoms with E-state index in [2.05, 4.69) is 25.6 Å². The summed E-state index contributed by atoms with van der Waals surface area (Å²) < 4.78 is 18.7. The Morgan fingerprint density at radius 2 is 2.14 bits per heavy atom. The van der Waals surface area contributed by atoms with E-state index in [1.165, 1.54) is 12.3 Å². The maximum atomic E-state index is 13.1. The molecule has 2 aromatic heterocycles. The average molecular weight is 386 g/mol. The number of carbonyl (C=O) groups excluding carboxylic acids is 1. The average Bonchev–Trinajstić information content (AvgIpc) is 2.63. The number of hydrogen-bond acceptors (Lipinski definition) is 7. The smallest absolute Gasteiger partial charge is 0.246 e. The summed E-state index contributed by atoms with van der Waals surface area (Å²) in [4.78, 5) is 26.7. The number of carbonyl (C=O) groups is 1. The van der Waals surface area contributed by atoms with Gasteiger partial charge in [0.15, 0.2) is 5.82 Å². The van der Waals surface area contributed by atoms with Crippen molar-refractivity contribution in [3.8, 4) is 5.75 Å². The predicted molar refractivity (Wildman–Crippen MR) is 103 cm³/mol. The number of aryl methyl sites for hydroxylation is 1. The Bertz CT molecular complexity index is 902. The fraction of sp³-hybridized carbons (Fsp3) is 0.474. The Morgan fingerprint density at radius 1 is 1.36 bits per heavy atom. The van der Waals surface area contributed by atoms with Crippen LogP contribution in [0.15, 0.2) is 18.5 Å². The van der Waals surface area contributed by atoms with Crippen LogP contribution in [0.1, 0.15) is 25.5 Å². The van der Waals surface area contributed by atoms with Gasteiger partial charge in [0.1, 0.15) is 23.3 Å². The largest absolute Gasteiger partial charge is 0.492 e. The summed E-state index contributed by atoms with van der Waals surface area (Å²) in [7, 11) is 1.86. The van der Waals surface area contributed by atoms with Crippen molar-refractivity contribution >= 4 is 23.4 Å². The van der Waals surface area contributed by atoms with E-state index in [0.717, 1.165) is 30.6 Å². The lowest BCUT2D eigenvalue weighted by molar-refractivity contribution is -0.117. The Kier molecular flexibility index (Phi) is 4.74. The highest BCUT2D eigenvalue weighted by molar-refractivity contribution is 6.03. The first-order chi connectivity index (χ1) is 13.4. The maximum absolute atomic E-state index is 13.1. The number of rotatable bonds is 5. The molecule has 0 spiro atoms. The van der Waals surface area contributed by atoms with Gasteiger partial charge in [0.2, 0.25) is 11.9 Å². The number of amides is 1. The van der Waals surface area contributed by atoms with Crippen molar-refractivity contribution in [1.29, 1.82) is 0 Å². The van der Waals surface area contributed by atoms with Crippen LogP contribution in [0.2, 0.25) is 0 Å². The maximum Gasteiger partial charge on any atom is 0.246 e. The zero-order chi connectivity index (χ0) is 19.8. The lowest BCUT2D eigenvalue weighted by Crippen LogP contribution is -2.45. The van der Waals surface area contributed by atoms with Gasteiger partial charge in [-0.25, -0.2) is 9.37 Å². The number of nitrogens with zero attached hydrogens (tertiary/aromatic N) is 4. The van der Waals surface area contributed by atoms with Gasteiger partial charge in [0.25, 0.3) is 0 Å². The number of nitrogens with one attached hydrogen (secondary N) is 2. The Hall–Kier alpha value is -2.97. The Morgan fingerprint density at radius 3 is 2.89 bits per heavy atom. The van der Waals surface area contributed by atoms with E-state index in [-0.39, 0.29) is 18.0 Å². The summed E-state index contributed by atoms with van der Waals surface area (Å²) >= 11 is 0. The number of aromatic nitrogens is 3. The molecule has 2 aliphatic rings. The first kappa shape index (κ1) is 18.4. The standard InChI is InChI=1S/C19H23FN6O2/c1-10-16-17(26(3)11(2)18(27)24-16)25-19(22-10)23-14-4-12(5-14)9-28-15-6-13(20)7-21-8-15/h6-8,11-12,14H,4-5,9H2,1-3H3,(H,24,27)(H,22,23,25)/t11-,12?,14?/m0/s1. The molecule has 1 fully saturated rings. The first-order valence-corrected chi connectivity index (χ1v) is 9.33. The van der Waals surface area contributed by atoms with Crippen LogP contribution in [-0.2, 0) is 4.79 Å². The molecule has 1 saturated carbocycles. The van der Waals surface area contributed by atoms with Gasteiger partial charge >= 0.3 is 0 Å². The predicted octanol–water partition coefficient (Wildman–Crippen LogP) is 2.37. The van der Waals surface area contributed by atoms with Gasteiger partial charge in [-0.2, -0.15) is 4.98 Å². The fourth-order valence-electron chi connectivity index (χ4n) is 3.47. The molecule has 1 atom stereocenters. The second-order valence-electron chi connectivity index (χ2n) is 7.44. The summed E-state index contributed by atoms with van der Waals surface area (Å²) in [6.45, 7) is 4.23. The molecule has 1 aliphatic carbocycles. The van der Waals surface area contributed by atoms with Crippen LogP contribution in [0, 0.1) is 18.7 Å². The van der Waals surface area contributed by atoms with Crippen LogP contribution < -0.4 is 20.3 Å². The van der Waals surface area contributed by atoms with E-state index in [1.54, 1.807) is 0 Å². The van der Waals surface area contributed by atoms with Gasteiger partial charge in [-0.3, -0.25) is 9.78 Å². The molecule has 0 unspecified atom stereocenters. The van der Waals surface area contributed by atoms with E-state index < -0.39 is 5.82 Å². The summed E-state index contributed by atoms with van der Waals surface area (Å²) in [5, 5.41) is 6.24. The van der Waals surface area contributed by atoms with E-state index >= 15 is 0 Å². The lowest BCUT2D eigenvalue weighted by atomic mass is 9.81. The molecule has 0 aromatic carbocycles. The second-order valence-corrected chi connectivity index (χ2v) is 7.44. The third-order valence-corrected chi connectivity index (χ3v) is 5.35. The summed E-state index contributed by atoms with van der Waals surface area (Å²) in [6.07, 6.45) is 4.51. The molecule has 2 N–H and O–H groups in total. The fourth-order valence-corrected chi connectivity index (χ4v) is 3.47. The zero-order valence-corrected chi connectivity index (χ0v) is 16.1. The highest BCUT2D eigenvalue weighted by Crippen LogP contribution is 2.34. The number of pyridine rings is 1. The lowest BCUT2D eigenvalue weighted by Gasteiger charge is -2.36. The van der Waals surface area contributed by atoms with E-state index in [1.807, 2.05) is 25.8 Å². The zero-order valence-electron chi connectivity index (χ0n) is 16.1. The molecule has 2 aromatic rings. The molecule has 1 aliphatic heterocycles. The number of halogens is 1. The van der Waals surface area contributed by atoms with Gasteiger partial charge in [-0.1, -0.05) is 0 Å². The molecular formula is C19H23FN6O2. The molecule has 0 saturated heterocycles. The molecule has 3 heterocycles. The third kappa shape index (κ3) is 3.56. The van der Waals surface area contributed by atoms with Crippen molar-refractivity contribution < 1.29 is 13.9 Å². The van der Waals surface area contributed by atoms with E-state index in [0.29, 0.717) is 29.9 Å². The van der Waals surface area contributed by atoms with Gasteiger partial charge in [0, 0.05) is 19.2 Å². The number of ether oxygens (including phenoxy) is 1. The monoisotopic (exact) mass is 386 g/mol. The van der Waals surface area contributed by atoms with E-state index in [9.17, 15) is 9.18 Å². The highest BCUT2D eigenvalue weighted by atomic mass is 19.1. The van der Waals surface area contributed by atoms with Gasteiger partial charge < -0.3 is 20.3 Å². The molecule has 8 nitrogen and oxygen atoms in total. The SMILES string of the molecule is Cc1nc(NC2CC(COc3cncc(F)c3)C2)nc2c1NC(=O)[C@H](C)N2C. The van der Waals surface area contributed by atoms with Crippen LogP contribution in [0.4, 0.5) is 21.8 Å². The molecule has 9 heteroatoms. The normalized spacial score (nSPS) is 23.5. The van der Waals surface area contributed by atoms with Crippen LogP contribution in [0.5, 0.6) is 5.75 Å². The molecule has 0 radical (unpaired) electrons. The Balaban J connectivity index is 1.34. The topological polar surface area (TPSA) is 92.3 Å². The third-order valence-electron chi connectivity index (χ3n) is 5.35. The van der Waals surface area contributed by atoms with Gasteiger partial charge in [0.05, 0.1) is 24.7 Å². The highest BCUT2D eigenvalue weighted by Gasteiger charge is 2.33. The molecule has 148 valence electrons. The number of likely N-dealkylation sites (N-methyl/N-ethyl adjacent to an activating group) is 1. The molecular weight excluding hydrogens is 363 g/mol. The number of hydrogen-bond donors (Lipinski definition) is 2. The summed E-state index contributed by atoms with van der Waals surface area (Å²) in [6, 6.07) is 1.32. The van der Waals surface area contributed by atoms with Gasteiger partial charge in [-0.05, 0) is 32.6 Å². The van der Waals surface area contributed by atoms with Crippen molar-refractivity contribution in [1.82, 2.24) is 15.0 Å². The van der Waals surface area contributed by atoms with Crippen LogP contribution in [-0.4, -0.2) is 46.6 Å². The number of anilines is 3. The Labute approximate surface area is 162 Å². The molecule has 4 rings (SSSR count). The minimum Gasteiger partial charge on any atom is -0.492 e. The van der Waals surface area contributed by atoms with Crippen molar-refractivity contribution in [3.63, 3.8) is 0 Å². The van der Waals surface area contributed by atoms with E-state index in [4.69, 9.17) is 4.74 Å². The van der Waals surface area contributed by atoms with Gasteiger partial charge in [-0.15, -0.1) is 0 Å². The minimum absolute atomic E-state index is 0.0576. The van der Waals surface area contributed by atoms with Crippen LogP contribution >= 0.6 is 0 Å². The summed E-state index contributed by atoms with van der Waals surface area (Å²) in [5.74, 6) is 1.66. The molecule has 0 bridgehead atoms. The van der Waals surface area contributed by atoms with Crippen molar-refractivity contribution in [2.75, 3.05) is 29.2 Å². The second kappa shape index (κ2) is 7.21. The summed E-state index contributed by atoms with van der Waals surface area (Å²) in [5.41, 5.74) is 1.40. The minimum atomic E-state index is -0.402. The first-order valence-electron chi connectivity index (χ1n) is 9.33.